The summed E-state index contributed by atoms with van der Waals surface area (Å²) in [6.45, 7) is 9.36. The molecule has 0 saturated carbocycles. The second-order valence-electron chi connectivity index (χ2n) is 7.52. The van der Waals surface area contributed by atoms with Crippen molar-refractivity contribution in [2.45, 2.75) is 40.2 Å². The zero-order valence-corrected chi connectivity index (χ0v) is 19.0. The average molecular weight is 436 g/mol. The highest BCUT2D eigenvalue weighted by molar-refractivity contribution is 6.08. The fourth-order valence-electron chi connectivity index (χ4n) is 2.70. The van der Waals surface area contributed by atoms with Crippen molar-refractivity contribution in [3.05, 3.63) is 66.6 Å². The lowest BCUT2D eigenvalue weighted by molar-refractivity contribution is 0.0636. The number of carbonyl (C=O) groups excluding carboxylic acids is 2. The van der Waals surface area contributed by atoms with Gasteiger partial charge in [0.1, 0.15) is 11.4 Å². The van der Waals surface area contributed by atoms with Crippen molar-refractivity contribution >= 4 is 29.2 Å². The number of nitrogen functional groups attached to an aromatic ring is 1. The highest BCUT2D eigenvalue weighted by Gasteiger charge is 2.19. The Labute approximate surface area is 188 Å². The lowest BCUT2D eigenvalue weighted by atomic mass is 10.0. The number of aromatic nitrogens is 2. The minimum Gasteiger partial charge on any atom is -0.444 e. The summed E-state index contributed by atoms with van der Waals surface area (Å²) in [6.07, 6.45) is 4.13. The molecule has 0 fully saturated rings. The molecule has 2 amide bonds. The Hall–Kier alpha value is -3.94. The van der Waals surface area contributed by atoms with Gasteiger partial charge < -0.3 is 15.8 Å². The van der Waals surface area contributed by atoms with Crippen molar-refractivity contribution in [2.75, 3.05) is 16.4 Å². The van der Waals surface area contributed by atoms with E-state index in [1.54, 1.807) is 69.7 Å². The van der Waals surface area contributed by atoms with Gasteiger partial charge in [-0.1, -0.05) is 32.0 Å². The Morgan fingerprint density at radius 2 is 1.66 bits per heavy atom. The van der Waals surface area contributed by atoms with Gasteiger partial charge in [-0.05, 0) is 45.0 Å². The number of amides is 2. The average Bonchev–Trinajstić information content (AvgIpc) is 2.75. The molecule has 2 heterocycles. The van der Waals surface area contributed by atoms with Crippen LogP contribution < -0.4 is 16.4 Å². The van der Waals surface area contributed by atoms with Crippen LogP contribution in [0, 0.1) is 0 Å². The zero-order chi connectivity index (χ0) is 23.7. The number of pyridine rings is 2. The number of carbonyl (C=O) groups is 2. The van der Waals surface area contributed by atoms with Gasteiger partial charge in [-0.2, -0.15) is 0 Å². The molecule has 0 bridgehead atoms. The number of benzene rings is 1. The number of nitrogens with two attached hydrogens (primary N) is 1. The van der Waals surface area contributed by atoms with Crippen LogP contribution in [0.4, 0.5) is 22.0 Å². The molecule has 3 rings (SSSR count). The van der Waals surface area contributed by atoms with Gasteiger partial charge in [-0.3, -0.25) is 15.1 Å². The summed E-state index contributed by atoms with van der Waals surface area (Å²) in [5.41, 5.74) is 7.94. The molecule has 0 atom stereocenters. The van der Waals surface area contributed by atoms with E-state index in [1.807, 2.05) is 26.0 Å². The monoisotopic (exact) mass is 435 g/mol. The minimum atomic E-state index is -0.625. The SMILES string of the molecule is CC.CC(C)(C)OC(=O)Nc1ccccc1-c1cnc(N)c(C(=O)Nc2ccncc2)c1. The van der Waals surface area contributed by atoms with Crippen molar-refractivity contribution < 1.29 is 14.3 Å². The predicted molar refractivity (Wildman–Crippen MR) is 127 cm³/mol. The summed E-state index contributed by atoms with van der Waals surface area (Å²) in [4.78, 5) is 33.0. The Morgan fingerprint density at radius 1 is 1.00 bits per heavy atom. The molecule has 168 valence electrons. The third-order valence-electron chi connectivity index (χ3n) is 3.98. The van der Waals surface area contributed by atoms with E-state index in [4.69, 9.17) is 10.5 Å². The standard InChI is InChI=1S/C22H23N5O3.C2H6/c1-22(2,3)30-21(29)27-18-7-5-4-6-16(18)14-12-17(19(23)25-13-14)20(28)26-15-8-10-24-11-9-15;1-2/h4-13H,1-3H3,(H2,23,25)(H,27,29)(H,24,26,28);1-2H3. The van der Waals surface area contributed by atoms with Crippen molar-refractivity contribution in [3.8, 4) is 11.1 Å². The smallest absolute Gasteiger partial charge is 0.412 e. The zero-order valence-electron chi connectivity index (χ0n) is 19.0. The summed E-state index contributed by atoms with van der Waals surface area (Å²) >= 11 is 0. The van der Waals surface area contributed by atoms with Crippen LogP contribution in [0.15, 0.2) is 61.1 Å². The molecule has 0 unspecified atom stereocenters. The van der Waals surface area contributed by atoms with Gasteiger partial charge in [-0.25, -0.2) is 9.78 Å². The lowest BCUT2D eigenvalue weighted by Crippen LogP contribution is -2.27. The molecule has 0 spiro atoms. The first kappa shape index (κ1) is 24.3. The van der Waals surface area contributed by atoms with Crippen molar-refractivity contribution in [3.63, 3.8) is 0 Å². The number of anilines is 3. The molecule has 0 saturated heterocycles. The molecule has 0 radical (unpaired) electrons. The molecular formula is C24H29N5O3. The number of para-hydroxylation sites is 1. The third-order valence-corrected chi connectivity index (χ3v) is 3.98. The molecular weight excluding hydrogens is 406 g/mol. The number of nitrogens with one attached hydrogen (secondary N) is 2. The van der Waals surface area contributed by atoms with Crippen LogP contribution in [-0.4, -0.2) is 27.6 Å². The molecule has 8 heteroatoms. The summed E-state index contributed by atoms with van der Waals surface area (Å²) in [7, 11) is 0. The van der Waals surface area contributed by atoms with Crippen LogP contribution in [0.3, 0.4) is 0 Å². The molecule has 4 N–H and O–H groups in total. The largest absolute Gasteiger partial charge is 0.444 e. The minimum absolute atomic E-state index is 0.0999. The van der Waals surface area contributed by atoms with Gasteiger partial charge in [-0.15, -0.1) is 0 Å². The highest BCUT2D eigenvalue weighted by Crippen LogP contribution is 2.30. The molecule has 0 aliphatic carbocycles. The molecule has 8 nitrogen and oxygen atoms in total. The highest BCUT2D eigenvalue weighted by atomic mass is 16.6. The molecule has 32 heavy (non-hydrogen) atoms. The Bertz CT molecular complexity index is 1060. The number of ether oxygens (including phenoxy) is 1. The van der Waals surface area contributed by atoms with E-state index in [0.29, 0.717) is 22.5 Å². The van der Waals surface area contributed by atoms with Crippen LogP contribution in [-0.2, 0) is 4.74 Å². The maximum absolute atomic E-state index is 12.7. The first-order valence-electron chi connectivity index (χ1n) is 10.3. The first-order chi connectivity index (χ1) is 15.2. The van der Waals surface area contributed by atoms with Gasteiger partial charge in [0.15, 0.2) is 0 Å². The van der Waals surface area contributed by atoms with Crippen LogP contribution in [0.2, 0.25) is 0 Å². The number of nitrogens with zero attached hydrogens (tertiary/aromatic N) is 2. The Balaban J connectivity index is 0.00000176. The maximum Gasteiger partial charge on any atom is 0.412 e. The third kappa shape index (κ3) is 6.80. The van der Waals surface area contributed by atoms with Gasteiger partial charge in [0.25, 0.3) is 5.91 Å². The van der Waals surface area contributed by atoms with Crippen LogP contribution in [0.1, 0.15) is 45.0 Å². The van der Waals surface area contributed by atoms with E-state index in [0.717, 1.165) is 0 Å². The molecule has 0 aliphatic rings. The van der Waals surface area contributed by atoms with Crippen molar-refractivity contribution in [1.82, 2.24) is 9.97 Å². The van der Waals surface area contributed by atoms with Crippen LogP contribution in [0.25, 0.3) is 11.1 Å². The summed E-state index contributed by atoms with van der Waals surface area (Å²) in [5.74, 6) is -0.298. The van der Waals surface area contributed by atoms with E-state index in [9.17, 15) is 9.59 Å². The van der Waals surface area contributed by atoms with Gasteiger partial charge in [0, 0.05) is 35.4 Å². The van der Waals surface area contributed by atoms with Crippen LogP contribution >= 0.6 is 0 Å². The molecule has 0 aliphatic heterocycles. The molecule has 1 aromatic carbocycles. The first-order valence-corrected chi connectivity index (χ1v) is 10.3. The van der Waals surface area contributed by atoms with Crippen LogP contribution in [0.5, 0.6) is 0 Å². The van der Waals surface area contributed by atoms with Gasteiger partial charge >= 0.3 is 6.09 Å². The van der Waals surface area contributed by atoms with E-state index in [1.165, 1.54) is 0 Å². The fraction of sp³-hybridized carbons (Fsp3) is 0.250. The maximum atomic E-state index is 12.7. The summed E-state index contributed by atoms with van der Waals surface area (Å²) in [5, 5.41) is 5.50. The predicted octanol–water partition coefficient (Wildman–Crippen LogP) is 5.35. The van der Waals surface area contributed by atoms with E-state index in [2.05, 4.69) is 20.6 Å². The normalized spacial score (nSPS) is 10.4. The summed E-state index contributed by atoms with van der Waals surface area (Å²) in [6, 6.07) is 12.1. The van der Waals surface area contributed by atoms with Crippen molar-refractivity contribution in [1.29, 1.82) is 0 Å². The fourth-order valence-corrected chi connectivity index (χ4v) is 2.70. The van der Waals surface area contributed by atoms with E-state index in [-0.39, 0.29) is 11.4 Å². The molecule has 2 aromatic heterocycles. The van der Waals surface area contributed by atoms with E-state index < -0.39 is 17.6 Å². The van der Waals surface area contributed by atoms with E-state index >= 15 is 0 Å². The Kier molecular flexibility index (Phi) is 8.29. The number of hydrogen-bond acceptors (Lipinski definition) is 6. The second-order valence-corrected chi connectivity index (χ2v) is 7.52. The lowest BCUT2D eigenvalue weighted by Gasteiger charge is -2.20. The van der Waals surface area contributed by atoms with Gasteiger partial charge in [0.05, 0.1) is 11.3 Å². The van der Waals surface area contributed by atoms with Gasteiger partial charge in [0.2, 0.25) is 0 Å². The topological polar surface area (TPSA) is 119 Å². The number of hydrogen-bond donors (Lipinski definition) is 3. The van der Waals surface area contributed by atoms with Crippen molar-refractivity contribution in [2.24, 2.45) is 0 Å². The number of rotatable bonds is 4. The summed E-state index contributed by atoms with van der Waals surface area (Å²) < 4.78 is 5.33. The quantitative estimate of drug-likeness (QED) is 0.508. The second kappa shape index (κ2) is 10.9. The Morgan fingerprint density at radius 3 is 2.31 bits per heavy atom. The molecule has 3 aromatic rings.